The van der Waals surface area contributed by atoms with E-state index in [1.165, 1.54) is 11.2 Å². The molecule has 0 saturated heterocycles. The van der Waals surface area contributed by atoms with Crippen LogP contribution in [0.1, 0.15) is 32.0 Å². The fraction of sp³-hybridized carbons (Fsp3) is 0.250. The first-order chi connectivity index (χ1) is 20.1. The van der Waals surface area contributed by atoms with Gasteiger partial charge in [0.25, 0.3) is 0 Å². The number of rotatable bonds is 4. The third-order valence-corrected chi connectivity index (χ3v) is 7.09. The van der Waals surface area contributed by atoms with Crippen molar-refractivity contribution >= 4 is 28.6 Å². The number of amides is 1. The van der Waals surface area contributed by atoms with E-state index in [1.807, 2.05) is 87.8 Å². The normalized spacial score (nSPS) is 12.6. The summed E-state index contributed by atoms with van der Waals surface area (Å²) in [5.74, 6) is 1.83. The molecule has 4 heterocycles. The molecular formula is C32H32N6O4. The predicted octanol–water partition coefficient (Wildman–Crippen LogP) is 6.64. The van der Waals surface area contributed by atoms with Crippen molar-refractivity contribution in [1.29, 1.82) is 0 Å². The molecule has 1 aliphatic rings. The molecule has 0 fully saturated rings. The Morgan fingerprint density at radius 1 is 1.02 bits per heavy atom. The lowest BCUT2D eigenvalue weighted by Gasteiger charge is -2.27. The van der Waals surface area contributed by atoms with Crippen molar-refractivity contribution in [2.45, 2.75) is 39.8 Å². The Bertz CT molecular complexity index is 1840. The standard InChI is InChI=1S/C32H32N6O4/c1-18-8-7-9-24(36-18)41-23-15-14-21-22(28(23)40-6)16-38(31(39)42-32(2,3)4)30-26-25(21)27(19-10-12-20(33)13-11-19)37(5)29(26)34-17-35-30/h7-15,17H,16,33H2,1-6H3. The number of nitrogen functional groups attached to an aromatic ring is 1. The zero-order chi connectivity index (χ0) is 29.8. The second-order valence-electron chi connectivity index (χ2n) is 11.2. The zero-order valence-electron chi connectivity index (χ0n) is 24.4. The first kappa shape index (κ1) is 27.1. The number of aromatic nitrogens is 4. The van der Waals surface area contributed by atoms with Crippen LogP contribution in [0.2, 0.25) is 0 Å². The number of methoxy groups -OCH3 is 1. The van der Waals surface area contributed by atoms with Gasteiger partial charge >= 0.3 is 6.09 Å². The Labute approximate surface area is 243 Å². The highest BCUT2D eigenvalue weighted by atomic mass is 16.6. The van der Waals surface area contributed by atoms with Crippen LogP contribution >= 0.6 is 0 Å². The second kappa shape index (κ2) is 10.1. The number of nitrogens with zero attached hydrogens (tertiary/aromatic N) is 5. The van der Waals surface area contributed by atoms with Crippen LogP contribution in [0, 0.1) is 6.92 Å². The Hall–Kier alpha value is -5.12. The average Bonchev–Trinajstić information content (AvgIpc) is 3.14. The van der Waals surface area contributed by atoms with Gasteiger partial charge in [0.05, 0.1) is 24.7 Å². The van der Waals surface area contributed by atoms with Gasteiger partial charge in [-0.25, -0.2) is 19.7 Å². The van der Waals surface area contributed by atoms with Crippen LogP contribution in [0.25, 0.3) is 33.4 Å². The highest BCUT2D eigenvalue weighted by Gasteiger charge is 2.36. The van der Waals surface area contributed by atoms with Crippen LogP contribution in [0.15, 0.2) is 60.9 Å². The van der Waals surface area contributed by atoms with Crippen LogP contribution in [-0.2, 0) is 18.3 Å². The van der Waals surface area contributed by atoms with E-state index in [4.69, 9.17) is 19.9 Å². The van der Waals surface area contributed by atoms with Gasteiger partial charge in [-0.3, -0.25) is 4.90 Å². The molecule has 0 unspecified atom stereocenters. The van der Waals surface area contributed by atoms with E-state index in [0.717, 1.165) is 39.0 Å². The molecule has 0 bridgehead atoms. The third kappa shape index (κ3) is 4.64. The molecule has 0 aliphatic carbocycles. The number of hydrogen-bond acceptors (Lipinski definition) is 8. The van der Waals surface area contributed by atoms with Crippen LogP contribution in [-0.4, -0.2) is 38.3 Å². The number of nitrogens with two attached hydrogens (primary N) is 1. The van der Waals surface area contributed by atoms with Crippen molar-refractivity contribution in [2.75, 3.05) is 17.7 Å². The first-order valence-electron chi connectivity index (χ1n) is 13.6. The number of benzene rings is 2. The fourth-order valence-electron chi connectivity index (χ4n) is 5.37. The maximum Gasteiger partial charge on any atom is 0.416 e. The number of anilines is 2. The third-order valence-electron chi connectivity index (χ3n) is 7.09. The van der Waals surface area contributed by atoms with Gasteiger partial charge in [0.1, 0.15) is 17.6 Å². The summed E-state index contributed by atoms with van der Waals surface area (Å²) in [6.45, 7) is 7.53. The van der Waals surface area contributed by atoms with Gasteiger partial charge in [0, 0.05) is 35.6 Å². The van der Waals surface area contributed by atoms with E-state index in [-0.39, 0.29) is 6.54 Å². The Balaban J connectivity index is 1.65. The summed E-state index contributed by atoms with van der Waals surface area (Å²) in [5, 5.41) is 0.729. The van der Waals surface area contributed by atoms with E-state index < -0.39 is 11.7 Å². The van der Waals surface area contributed by atoms with Crippen LogP contribution in [0.4, 0.5) is 16.3 Å². The van der Waals surface area contributed by atoms with Gasteiger partial charge in [0.15, 0.2) is 17.3 Å². The Morgan fingerprint density at radius 3 is 2.48 bits per heavy atom. The number of aryl methyl sites for hydroxylation is 2. The zero-order valence-corrected chi connectivity index (χ0v) is 24.4. The summed E-state index contributed by atoms with van der Waals surface area (Å²) < 4.78 is 20.1. The molecule has 214 valence electrons. The van der Waals surface area contributed by atoms with Crippen molar-refractivity contribution in [2.24, 2.45) is 7.05 Å². The smallest absolute Gasteiger partial charge is 0.416 e. The summed E-state index contributed by atoms with van der Waals surface area (Å²) in [5.41, 5.74) is 11.8. The molecule has 2 aromatic carbocycles. The molecule has 5 aromatic rings. The van der Waals surface area contributed by atoms with E-state index in [9.17, 15) is 4.79 Å². The molecule has 2 N–H and O–H groups in total. The summed E-state index contributed by atoms with van der Waals surface area (Å²) >= 11 is 0. The maximum atomic E-state index is 13.8. The van der Waals surface area contributed by atoms with Crippen molar-refractivity contribution in [3.8, 4) is 39.8 Å². The van der Waals surface area contributed by atoms with Gasteiger partial charge < -0.3 is 24.5 Å². The number of ether oxygens (including phenoxy) is 3. The number of hydrogen-bond donors (Lipinski definition) is 1. The molecule has 42 heavy (non-hydrogen) atoms. The van der Waals surface area contributed by atoms with Crippen LogP contribution < -0.4 is 20.1 Å². The molecule has 1 amide bonds. The monoisotopic (exact) mass is 564 g/mol. The highest BCUT2D eigenvalue weighted by molar-refractivity contribution is 6.13. The molecule has 3 aromatic heterocycles. The average molecular weight is 565 g/mol. The number of carbonyl (C=O) groups excluding carboxylic acids is 1. The Kier molecular flexibility index (Phi) is 6.48. The van der Waals surface area contributed by atoms with Crippen molar-refractivity contribution < 1.29 is 19.0 Å². The van der Waals surface area contributed by atoms with Crippen molar-refractivity contribution in [1.82, 2.24) is 19.5 Å². The van der Waals surface area contributed by atoms with Gasteiger partial charge in [0.2, 0.25) is 5.88 Å². The maximum absolute atomic E-state index is 13.8. The van der Waals surface area contributed by atoms with E-state index in [2.05, 4.69) is 15.0 Å². The SMILES string of the molecule is COc1c(Oc2cccc(C)n2)ccc2c1CN(C(=O)OC(C)(C)C)c1ncnc3c1c-2c(-c1ccc(N)cc1)n3C. The molecular weight excluding hydrogens is 532 g/mol. The van der Waals surface area contributed by atoms with Crippen LogP contribution in [0.5, 0.6) is 17.4 Å². The molecule has 10 heteroatoms. The fourth-order valence-corrected chi connectivity index (χ4v) is 5.37. The van der Waals surface area contributed by atoms with Crippen LogP contribution in [0.3, 0.4) is 0 Å². The van der Waals surface area contributed by atoms with Gasteiger partial charge in [-0.05, 0) is 69.2 Å². The quantitative estimate of drug-likeness (QED) is 0.241. The first-order valence-corrected chi connectivity index (χ1v) is 13.6. The van der Waals surface area contributed by atoms with E-state index >= 15 is 0 Å². The number of carbonyl (C=O) groups is 1. The summed E-state index contributed by atoms with van der Waals surface area (Å²) in [6.07, 6.45) is 0.935. The minimum atomic E-state index is -0.723. The largest absolute Gasteiger partial charge is 0.492 e. The minimum Gasteiger partial charge on any atom is -0.492 e. The molecule has 6 rings (SSSR count). The van der Waals surface area contributed by atoms with Gasteiger partial charge in [-0.2, -0.15) is 0 Å². The lowest BCUT2D eigenvalue weighted by molar-refractivity contribution is 0.0576. The molecule has 10 nitrogen and oxygen atoms in total. The highest BCUT2D eigenvalue weighted by Crippen LogP contribution is 2.50. The molecule has 0 atom stereocenters. The predicted molar refractivity (Wildman–Crippen MR) is 162 cm³/mol. The number of fused-ring (bicyclic) bond motifs is 2. The molecule has 1 aliphatic heterocycles. The second-order valence-corrected chi connectivity index (χ2v) is 11.2. The summed E-state index contributed by atoms with van der Waals surface area (Å²) in [4.78, 5) is 29.1. The van der Waals surface area contributed by atoms with E-state index in [0.29, 0.717) is 34.5 Å². The van der Waals surface area contributed by atoms with Gasteiger partial charge in [-0.1, -0.05) is 18.2 Å². The van der Waals surface area contributed by atoms with Gasteiger partial charge in [-0.15, -0.1) is 0 Å². The topological polar surface area (TPSA) is 118 Å². The molecule has 0 spiro atoms. The lowest BCUT2D eigenvalue weighted by atomic mass is 9.94. The number of pyridine rings is 1. The molecule has 0 saturated carbocycles. The minimum absolute atomic E-state index is 0.123. The lowest BCUT2D eigenvalue weighted by Crippen LogP contribution is -2.37. The van der Waals surface area contributed by atoms with Crippen molar-refractivity contribution in [3.63, 3.8) is 0 Å². The summed E-state index contributed by atoms with van der Waals surface area (Å²) in [7, 11) is 3.54. The van der Waals surface area contributed by atoms with E-state index in [1.54, 1.807) is 13.2 Å². The van der Waals surface area contributed by atoms with Crippen molar-refractivity contribution in [3.05, 3.63) is 72.2 Å². The Morgan fingerprint density at radius 2 is 1.79 bits per heavy atom. The molecule has 0 radical (unpaired) electrons. The summed E-state index contributed by atoms with van der Waals surface area (Å²) in [6, 6.07) is 17.1.